The van der Waals surface area contributed by atoms with Gasteiger partial charge < -0.3 is 9.30 Å². The second-order valence-electron chi connectivity index (χ2n) is 5.41. The van der Waals surface area contributed by atoms with Gasteiger partial charge in [-0.1, -0.05) is 12.1 Å². The maximum atomic E-state index is 12.6. The van der Waals surface area contributed by atoms with Crippen LogP contribution >= 0.6 is 0 Å². The van der Waals surface area contributed by atoms with Crippen molar-refractivity contribution in [3.63, 3.8) is 0 Å². The van der Waals surface area contributed by atoms with Crippen molar-refractivity contribution in [3.05, 3.63) is 65.4 Å². The van der Waals surface area contributed by atoms with Crippen LogP contribution in [0.3, 0.4) is 0 Å². The van der Waals surface area contributed by atoms with E-state index in [4.69, 9.17) is 4.74 Å². The number of halogens is 3. The first-order valence-corrected chi connectivity index (χ1v) is 7.20. The Hall–Kier alpha value is -2.76. The summed E-state index contributed by atoms with van der Waals surface area (Å²) in [7, 11) is 1.54. The van der Waals surface area contributed by atoms with Crippen LogP contribution in [0.2, 0.25) is 0 Å². The first-order valence-electron chi connectivity index (χ1n) is 7.20. The number of hydrogen-bond acceptors (Lipinski definition) is 2. The molecule has 0 fully saturated rings. The highest BCUT2D eigenvalue weighted by molar-refractivity contribution is 5.98. The monoisotopic (exact) mass is 333 g/mol. The Morgan fingerprint density at radius 2 is 1.83 bits per heavy atom. The van der Waals surface area contributed by atoms with E-state index in [1.165, 1.54) is 12.1 Å². The van der Waals surface area contributed by atoms with Crippen LogP contribution in [0.5, 0.6) is 5.75 Å². The van der Waals surface area contributed by atoms with E-state index in [-0.39, 0.29) is 0 Å². The van der Waals surface area contributed by atoms with Crippen molar-refractivity contribution in [3.8, 4) is 5.75 Å². The second kappa shape index (κ2) is 6.03. The Morgan fingerprint density at radius 3 is 2.42 bits per heavy atom. The molecule has 0 spiro atoms. The lowest BCUT2D eigenvalue weighted by atomic mass is 10.1. The topological polar surface area (TPSA) is 31.2 Å². The Balaban J connectivity index is 1.97. The number of benzene rings is 2. The maximum absolute atomic E-state index is 12.6. The van der Waals surface area contributed by atoms with Gasteiger partial charge in [-0.25, -0.2) is 0 Å². The Kier molecular flexibility index (Phi) is 4.05. The van der Waals surface area contributed by atoms with Gasteiger partial charge in [-0.15, -0.1) is 0 Å². The zero-order valence-electron chi connectivity index (χ0n) is 12.8. The van der Waals surface area contributed by atoms with Gasteiger partial charge in [0, 0.05) is 29.2 Å². The molecule has 0 amide bonds. The van der Waals surface area contributed by atoms with Gasteiger partial charge in [-0.05, 0) is 35.9 Å². The molecule has 2 aromatic carbocycles. The SMILES string of the molecule is COc1ccc2c(c1)c(C=O)cn2Cc1ccc(C(F)(F)F)cc1. The summed E-state index contributed by atoms with van der Waals surface area (Å²) < 4.78 is 44.9. The molecule has 6 heteroatoms. The van der Waals surface area contributed by atoms with Crippen LogP contribution in [0.4, 0.5) is 13.2 Å². The summed E-state index contributed by atoms with van der Waals surface area (Å²) in [4.78, 5) is 11.3. The molecule has 0 aliphatic carbocycles. The van der Waals surface area contributed by atoms with Crippen LogP contribution in [0.15, 0.2) is 48.7 Å². The normalized spacial score (nSPS) is 11.7. The van der Waals surface area contributed by atoms with Crippen molar-refractivity contribution >= 4 is 17.2 Å². The number of carbonyl (C=O) groups excluding carboxylic acids is 1. The number of hydrogen-bond donors (Lipinski definition) is 0. The highest BCUT2D eigenvalue weighted by Gasteiger charge is 2.29. The van der Waals surface area contributed by atoms with E-state index in [0.29, 0.717) is 23.4 Å². The molecule has 1 heterocycles. The summed E-state index contributed by atoms with van der Waals surface area (Å²) in [5, 5.41) is 0.747. The number of alkyl halides is 3. The minimum atomic E-state index is -4.35. The number of aldehydes is 1. The molecule has 124 valence electrons. The summed E-state index contributed by atoms with van der Waals surface area (Å²) in [6.45, 7) is 0.370. The molecule has 0 N–H and O–H groups in total. The molecule has 0 unspecified atom stereocenters. The standard InChI is InChI=1S/C18H14F3NO2/c1-24-15-6-7-17-16(8-15)13(11-23)10-22(17)9-12-2-4-14(5-3-12)18(19,20)21/h2-8,10-11H,9H2,1H3. The first kappa shape index (κ1) is 16.1. The van der Waals surface area contributed by atoms with Gasteiger partial charge in [0.15, 0.2) is 6.29 Å². The fraction of sp³-hybridized carbons (Fsp3) is 0.167. The molecule has 0 aliphatic rings. The highest BCUT2D eigenvalue weighted by atomic mass is 19.4. The molecule has 1 aromatic heterocycles. The van der Waals surface area contributed by atoms with E-state index < -0.39 is 11.7 Å². The quantitative estimate of drug-likeness (QED) is 0.657. The predicted octanol–water partition coefficient (Wildman–Crippen LogP) is 4.53. The average Bonchev–Trinajstić information content (AvgIpc) is 2.91. The lowest BCUT2D eigenvalue weighted by Gasteiger charge is -2.09. The van der Waals surface area contributed by atoms with Crippen LogP contribution in [0, 0.1) is 0 Å². The number of methoxy groups -OCH3 is 1. The Labute approximate surface area is 136 Å². The van der Waals surface area contributed by atoms with Crippen molar-refractivity contribution in [2.75, 3.05) is 7.11 Å². The van der Waals surface area contributed by atoms with Crippen LogP contribution in [-0.2, 0) is 12.7 Å². The molecule has 3 rings (SSSR count). The van der Waals surface area contributed by atoms with Gasteiger partial charge in [0.1, 0.15) is 5.75 Å². The number of aromatic nitrogens is 1. The number of carbonyl (C=O) groups is 1. The van der Waals surface area contributed by atoms with E-state index in [1.807, 2.05) is 10.6 Å². The van der Waals surface area contributed by atoms with E-state index in [0.717, 1.165) is 29.3 Å². The maximum Gasteiger partial charge on any atom is 0.416 e. The van der Waals surface area contributed by atoms with Crippen molar-refractivity contribution in [2.24, 2.45) is 0 Å². The van der Waals surface area contributed by atoms with E-state index in [1.54, 1.807) is 25.4 Å². The van der Waals surface area contributed by atoms with Gasteiger partial charge >= 0.3 is 6.18 Å². The second-order valence-corrected chi connectivity index (χ2v) is 5.41. The van der Waals surface area contributed by atoms with Gasteiger partial charge in [0.2, 0.25) is 0 Å². The van der Waals surface area contributed by atoms with Crippen molar-refractivity contribution in [1.82, 2.24) is 4.57 Å². The lowest BCUT2D eigenvalue weighted by molar-refractivity contribution is -0.137. The Bertz CT molecular complexity index is 880. The summed E-state index contributed by atoms with van der Waals surface area (Å²) in [5.41, 5.74) is 1.36. The van der Waals surface area contributed by atoms with Crippen molar-refractivity contribution in [2.45, 2.75) is 12.7 Å². The molecule has 3 nitrogen and oxygen atoms in total. The minimum Gasteiger partial charge on any atom is -0.497 e. The zero-order valence-corrected chi connectivity index (χ0v) is 12.8. The summed E-state index contributed by atoms with van der Waals surface area (Å²) in [6, 6.07) is 10.4. The fourth-order valence-corrected chi connectivity index (χ4v) is 2.65. The summed E-state index contributed by atoms with van der Waals surface area (Å²) >= 11 is 0. The van der Waals surface area contributed by atoms with Crippen LogP contribution in [0.25, 0.3) is 10.9 Å². The largest absolute Gasteiger partial charge is 0.497 e. The van der Waals surface area contributed by atoms with E-state index >= 15 is 0 Å². The highest BCUT2D eigenvalue weighted by Crippen LogP contribution is 2.30. The Morgan fingerprint density at radius 1 is 1.12 bits per heavy atom. The van der Waals surface area contributed by atoms with Crippen molar-refractivity contribution in [1.29, 1.82) is 0 Å². The third-order valence-electron chi connectivity index (χ3n) is 3.88. The van der Waals surface area contributed by atoms with Gasteiger partial charge in [-0.3, -0.25) is 4.79 Å². The molecule has 0 saturated heterocycles. The third-order valence-corrected chi connectivity index (χ3v) is 3.88. The minimum absolute atomic E-state index is 0.370. The van der Waals surface area contributed by atoms with Crippen LogP contribution in [-0.4, -0.2) is 18.0 Å². The van der Waals surface area contributed by atoms with Gasteiger partial charge in [0.05, 0.1) is 12.7 Å². The average molecular weight is 333 g/mol. The molecule has 0 radical (unpaired) electrons. The lowest BCUT2D eigenvalue weighted by Crippen LogP contribution is -2.05. The summed E-state index contributed by atoms with van der Waals surface area (Å²) in [5.74, 6) is 0.637. The molecule has 0 bridgehead atoms. The van der Waals surface area contributed by atoms with Gasteiger partial charge in [-0.2, -0.15) is 13.2 Å². The molecule has 24 heavy (non-hydrogen) atoms. The smallest absolute Gasteiger partial charge is 0.416 e. The molecule has 3 aromatic rings. The molecular weight excluding hydrogens is 319 g/mol. The predicted molar refractivity (Wildman–Crippen MR) is 84.4 cm³/mol. The number of nitrogens with zero attached hydrogens (tertiary/aromatic N) is 1. The number of ether oxygens (including phenoxy) is 1. The number of rotatable bonds is 4. The number of fused-ring (bicyclic) bond motifs is 1. The van der Waals surface area contributed by atoms with E-state index in [2.05, 4.69) is 0 Å². The molecule has 0 aliphatic heterocycles. The fourth-order valence-electron chi connectivity index (χ4n) is 2.65. The van der Waals surface area contributed by atoms with Crippen molar-refractivity contribution < 1.29 is 22.7 Å². The molecule has 0 saturated carbocycles. The third kappa shape index (κ3) is 2.99. The zero-order chi connectivity index (χ0) is 17.3. The van der Waals surface area contributed by atoms with Crippen LogP contribution < -0.4 is 4.74 Å². The first-order chi connectivity index (χ1) is 11.4. The van der Waals surface area contributed by atoms with Gasteiger partial charge in [0.25, 0.3) is 0 Å². The summed E-state index contributed by atoms with van der Waals surface area (Å²) in [6.07, 6.45) is -1.90. The van der Waals surface area contributed by atoms with Crippen LogP contribution in [0.1, 0.15) is 21.5 Å². The molecular formula is C18H14F3NO2. The molecule has 0 atom stereocenters. The van der Waals surface area contributed by atoms with E-state index in [9.17, 15) is 18.0 Å².